The average molecular weight is 261 g/mol. The Morgan fingerprint density at radius 1 is 1.22 bits per heavy atom. The smallest absolute Gasteiger partial charge is 0.323 e. The van der Waals surface area contributed by atoms with Crippen LogP contribution in [0.15, 0.2) is 0 Å². The minimum absolute atomic E-state index is 0.220. The highest BCUT2D eigenvalue weighted by Crippen LogP contribution is 2.08. The molecule has 0 aromatic rings. The van der Waals surface area contributed by atoms with Crippen molar-refractivity contribution in [3.05, 3.63) is 0 Å². The van der Waals surface area contributed by atoms with Gasteiger partial charge in [0.25, 0.3) is 0 Å². The topological polar surface area (TPSA) is 56.8 Å². The maximum absolute atomic E-state index is 11.6. The second-order valence-corrected chi connectivity index (χ2v) is 5.17. The van der Waals surface area contributed by atoms with Crippen molar-refractivity contribution in [1.29, 1.82) is 0 Å². The Bertz CT molecular complexity index is 226. The van der Waals surface area contributed by atoms with Crippen LogP contribution >= 0.6 is 0 Å². The van der Waals surface area contributed by atoms with Crippen LogP contribution < -0.4 is 5.32 Å². The summed E-state index contributed by atoms with van der Waals surface area (Å²) in [4.78, 5) is 11.6. The van der Waals surface area contributed by atoms with E-state index < -0.39 is 5.60 Å². The molecule has 0 spiro atoms. The van der Waals surface area contributed by atoms with E-state index in [1.54, 1.807) is 14.0 Å². The molecule has 5 nitrogen and oxygen atoms in total. The van der Waals surface area contributed by atoms with Gasteiger partial charge >= 0.3 is 5.97 Å². The predicted molar refractivity (Wildman–Crippen MR) is 70.6 cm³/mol. The van der Waals surface area contributed by atoms with Gasteiger partial charge in [0.1, 0.15) is 11.6 Å². The number of carbonyl (C=O) groups excluding carboxylic acids is 1. The molecule has 0 radical (unpaired) electrons. The lowest BCUT2D eigenvalue weighted by Gasteiger charge is -2.22. The van der Waals surface area contributed by atoms with Gasteiger partial charge in [-0.3, -0.25) is 4.79 Å². The average Bonchev–Trinajstić information content (AvgIpc) is 2.25. The molecule has 0 bridgehead atoms. The quantitative estimate of drug-likeness (QED) is 0.501. The van der Waals surface area contributed by atoms with E-state index in [9.17, 15) is 4.79 Å². The lowest BCUT2D eigenvalue weighted by molar-refractivity contribution is -0.156. The minimum atomic E-state index is -0.434. The zero-order valence-corrected chi connectivity index (χ0v) is 12.2. The molecule has 18 heavy (non-hydrogen) atoms. The maximum atomic E-state index is 11.6. The van der Waals surface area contributed by atoms with Gasteiger partial charge in [-0.2, -0.15) is 0 Å². The Morgan fingerprint density at radius 3 is 2.44 bits per heavy atom. The molecule has 1 N–H and O–H groups in total. The van der Waals surface area contributed by atoms with Crippen LogP contribution in [-0.4, -0.2) is 51.1 Å². The predicted octanol–water partition coefficient (Wildman–Crippen LogP) is 1.36. The van der Waals surface area contributed by atoms with Crippen LogP contribution in [0, 0.1) is 0 Å². The molecule has 108 valence electrons. The Labute approximate surface area is 110 Å². The van der Waals surface area contributed by atoms with Crippen LogP contribution in [0.5, 0.6) is 0 Å². The minimum Gasteiger partial charge on any atom is -0.459 e. The molecule has 0 aromatic heterocycles. The molecule has 0 aromatic carbocycles. The van der Waals surface area contributed by atoms with Crippen molar-refractivity contribution >= 4 is 5.97 Å². The summed E-state index contributed by atoms with van der Waals surface area (Å²) in [7, 11) is 1.65. The number of hydrogen-bond acceptors (Lipinski definition) is 5. The van der Waals surface area contributed by atoms with Crippen LogP contribution in [0.3, 0.4) is 0 Å². The highest BCUT2D eigenvalue weighted by molar-refractivity contribution is 5.75. The molecule has 0 aliphatic carbocycles. The molecule has 0 saturated carbocycles. The number of ether oxygens (including phenoxy) is 3. The molecule has 0 aliphatic heterocycles. The first kappa shape index (κ1) is 17.4. The molecule has 1 unspecified atom stereocenters. The lowest BCUT2D eigenvalue weighted by atomic mass is 10.2. The zero-order valence-electron chi connectivity index (χ0n) is 12.2. The van der Waals surface area contributed by atoms with Crippen molar-refractivity contribution in [2.75, 3.05) is 33.5 Å². The first-order valence-electron chi connectivity index (χ1n) is 6.39. The highest BCUT2D eigenvalue weighted by Gasteiger charge is 2.20. The Balaban J connectivity index is 3.52. The number of rotatable bonds is 9. The number of nitrogens with one attached hydrogen (secondary N) is 1. The zero-order chi connectivity index (χ0) is 14.0. The summed E-state index contributed by atoms with van der Waals surface area (Å²) in [5, 5.41) is 3.11. The van der Waals surface area contributed by atoms with E-state index in [0.717, 1.165) is 13.0 Å². The van der Waals surface area contributed by atoms with E-state index in [0.29, 0.717) is 19.8 Å². The second-order valence-electron chi connectivity index (χ2n) is 5.17. The number of hydrogen-bond donors (Lipinski definition) is 1. The number of methoxy groups -OCH3 is 1. The van der Waals surface area contributed by atoms with Gasteiger partial charge in [-0.25, -0.2) is 0 Å². The summed E-state index contributed by atoms with van der Waals surface area (Å²) in [6.45, 7) is 10.0. The van der Waals surface area contributed by atoms with Crippen molar-refractivity contribution in [2.45, 2.75) is 45.8 Å². The summed E-state index contributed by atoms with van der Waals surface area (Å²) in [5.74, 6) is -0.220. The fourth-order valence-corrected chi connectivity index (χ4v) is 1.21. The van der Waals surface area contributed by atoms with E-state index in [1.165, 1.54) is 0 Å². The monoisotopic (exact) mass is 261 g/mol. The molecule has 0 fully saturated rings. The highest BCUT2D eigenvalue weighted by atomic mass is 16.6. The molecule has 0 heterocycles. The fourth-order valence-electron chi connectivity index (χ4n) is 1.21. The van der Waals surface area contributed by atoms with Crippen LogP contribution in [0.25, 0.3) is 0 Å². The summed E-state index contributed by atoms with van der Waals surface area (Å²) < 4.78 is 15.4. The van der Waals surface area contributed by atoms with E-state index in [4.69, 9.17) is 14.2 Å². The SMILES string of the molecule is COCCOCCCNC(C)C(=O)OC(C)(C)C. The van der Waals surface area contributed by atoms with Crippen molar-refractivity contribution < 1.29 is 19.0 Å². The number of esters is 1. The molecule has 0 amide bonds. The van der Waals surface area contributed by atoms with Crippen molar-refractivity contribution in [1.82, 2.24) is 5.32 Å². The summed E-state index contributed by atoms with van der Waals surface area (Å²) in [6, 6.07) is -0.289. The molecular weight excluding hydrogens is 234 g/mol. The van der Waals surface area contributed by atoms with Crippen LogP contribution in [0.4, 0.5) is 0 Å². The molecule has 0 aliphatic rings. The van der Waals surface area contributed by atoms with Gasteiger partial charge in [-0.05, 0) is 40.7 Å². The van der Waals surface area contributed by atoms with E-state index in [-0.39, 0.29) is 12.0 Å². The summed E-state index contributed by atoms with van der Waals surface area (Å²) in [6.07, 6.45) is 0.858. The van der Waals surface area contributed by atoms with Crippen molar-refractivity contribution in [2.24, 2.45) is 0 Å². The summed E-state index contributed by atoms with van der Waals surface area (Å²) >= 11 is 0. The molecule has 0 saturated heterocycles. The largest absolute Gasteiger partial charge is 0.459 e. The van der Waals surface area contributed by atoms with Crippen molar-refractivity contribution in [3.8, 4) is 0 Å². The van der Waals surface area contributed by atoms with Crippen LogP contribution in [0.2, 0.25) is 0 Å². The van der Waals surface area contributed by atoms with Gasteiger partial charge in [-0.1, -0.05) is 0 Å². The summed E-state index contributed by atoms with van der Waals surface area (Å²) in [5.41, 5.74) is -0.434. The van der Waals surface area contributed by atoms with E-state index in [2.05, 4.69) is 5.32 Å². The Kier molecular flexibility index (Phi) is 8.97. The third kappa shape index (κ3) is 10.5. The van der Waals surface area contributed by atoms with E-state index in [1.807, 2.05) is 20.8 Å². The van der Waals surface area contributed by atoms with Gasteiger partial charge in [0.15, 0.2) is 0 Å². The first-order chi connectivity index (χ1) is 8.37. The van der Waals surface area contributed by atoms with E-state index >= 15 is 0 Å². The Morgan fingerprint density at radius 2 is 1.89 bits per heavy atom. The standard InChI is InChI=1S/C13H27NO4/c1-11(12(15)18-13(2,3)4)14-7-6-8-17-10-9-16-5/h11,14H,6-10H2,1-5H3. The molecule has 1 atom stereocenters. The number of carbonyl (C=O) groups is 1. The van der Waals surface area contributed by atoms with Gasteiger partial charge in [0.05, 0.1) is 13.2 Å². The van der Waals surface area contributed by atoms with Gasteiger partial charge in [-0.15, -0.1) is 0 Å². The van der Waals surface area contributed by atoms with Gasteiger partial charge in [0, 0.05) is 13.7 Å². The molecule has 5 heteroatoms. The molecule has 0 rings (SSSR count). The molecular formula is C13H27NO4. The third-order valence-electron chi connectivity index (χ3n) is 2.11. The van der Waals surface area contributed by atoms with Crippen LogP contribution in [-0.2, 0) is 19.0 Å². The first-order valence-corrected chi connectivity index (χ1v) is 6.39. The Hall–Kier alpha value is -0.650. The van der Waals surface area contributed by atoms with Crippen LogP contribution in [0.1, 0.15) is 34.1 Å². The maximum Gasteiger partial charge on any atom is 0.323 e. The van der Waals surface area contributed by atoms with Crippen molar-refractivity contribution in [3.63, 3.8) is 0 Å². The van der Waals surface area contributed by atoms with Gasteiger partial charge in [0.2, 0.25) is 0 Å². The van der Waals surface area contributed by atoms with Gasteiger partial charge < -0.3 is 19.5 Å². The fraction of sp³-hybridized carbons (Fsp3) is 0.923. The second kappa shape index (κ2) is 9.30. The lowest BCUT2D eigenvalue weighted by Crippen LogP contribution is -2.39. The third-order valence-corrected chi connectivity index (χ3v) is 2.11. The normalized spacial score (nSPS) is 13.4.